The highest BCUT2D eigenvalue weighted by molar-refractivity contribution is 7.92. The van der Waals surface area contributed by atoms with Gasteiger partial charge < -0.3 is 9.88 Å². The topological polar surface area (TPSA) is 99.3 Å². The van der Waals surface area contributed by atoms with Gasteiger partial charge in [0.2, 0.25) is 5.43 Å². The number of rotatable bonds is 6. The minimum absolute atomic E-state index is 0.0115. The second-order valence-corrected chi connectivity index (χ2v) is 8.32. The lowest BCUT2D eigenvalue weighted by atomic mass is 10.1. The summed E-state index contributed by atoms with van der Waals surface area (Å²) in [5, 5.41) is 0.149. The minimum Gasteiger partial charge on any atom is -0.360 e. The number of aryl methyl sites for hydroxylation is 1. The quantitative estimate of drug-likeness (QED) is 0.648. The van der Waals surface area contributed by atoms with Gasteiger partial charge in [0.25, 0.3) is 15.9 Å². The number of H-pyrrole nitrogens is 1. The highest BCUT2D eigenvalue weighted by Crippen LogP contribution is 2.21. The molecule has 3 aromatic rings. The molecule has 0 bridgehead atoms. The smallest absolute Gasteiger partial charge is 0.261 e. The van der Waals surface area contributed by atoms with Crippen LogP contribution in [0.2, 0.25) is 0 Å². The molecule has 0 fully saturated rings. The summed E-state index contributed by atoms with van der Waals surface area (Å²) in [4.78, 5) is 29.9. The van der Waals surface area contributed by atoms with Crippen molar-refractivity contribution in [3.63, 3.8) is 0 Å². The second-order valence-electron chi connectivity index (χ2n) is 6.64. The molecule has 7 nitrogen and oxygen atoms in total. The number of pyridine rings is 1. The Morgan fingerprint density at radius 3 is 2.45 bits per heavy atom. The van der Waals surface area contributed by atoms with Crippen LogP contribution in [-0.2, 0) is 10.0 Å². The summed E-state index contributed by atoms with van der Waals surface area (Å²) in [5.74, 6) is -0.385. The average molecular weight is 413 g/mol. The van der Waals surface area contributed by atoms with Gasteiger partial charge in [-0.05, 0) is 50.6 Å². The first-order valence-electron chi connectivity index (χ1n) is 9.31. The van der Waals surface area contributed by atoms with Crippen LogP contribution >= 0.6 is 0 Å². The lowest BCUT2D eigenvalue weighted by Crippen LogP contribution is -2.34. The number of nitrogens with zero attached hydrogens (tertiary/aromatic N) is 1. The number of amides is 1. The maximum Gasteiger partial charge on any atom is 0.261 e. The number of benzene rings is 2. The van der Waals surface area contributed by atoms with Gasteiger partial charge in [0.15, 0.2) is 0 Å². The van der Waals surface area contributed by atoms with E-state index in [1.807, 2.05) is 19.9 Å². The molecule has 2 aromatic carbocycles. The largest absolute Gasteiger partial charge is 0.360 e. The zero-order chi connectivity index (χ0) is 21.2. The Balaban J connectivity index is 2.07. The summed E-state index contributed by atoms with van der Waals surface area (Å²) in [7, 11) is -3.90. The molecule has 29 heavy (non-hydrogen) atoms. The van der Waals surface area contributed by atoms with Crippen molar-refractivity contribution in [1.82, 2.24) is 9.88 Å². The third-order valence-electron chi connectivity index (χ3n) is 4.83. The molecule has 0 saturated heterocycles. The maximum absolute atomic E-state index is 12.9. The zero-order valence-corrected chi connectivity index (χ0v) is 17.3. The lowest BCUT2D eigenvalue weighted by Gasteiger charge is -2.18. The van der Waals surface area contributed by atoms with Crippen LogP contribution < -0.4 is 10.2 Å². The third kappa shape index (κ3) is 4.02. The summed E-state index contributed by atoms with van der Waals surface area (Å²) in [6, 6.07) is 11.3. The molecule has 152 valence electrons. The third-order valence-corrected chi connectivity index (χ3v) is 6.20. The van der Waals surface area contributed by atoms with Gasteiger partial charge in [-0.15, -0.1) is 0 Å². The van der Waals surface area contributed by atoms with Gasteiger partial charge in [-0.1, -0.05) is 18.2 Å². The molecule has 0 aliphatic rings. The Labute approximate surface area is 169 Å². The fourth-order valence-corrected chi connectivity index (χ4v) is 4.25. The second kappa shape index (κ2) is 8.08. The monoisotopic (exact) mass is 413 g/mol. The van der Waals surface area contributed by atoms with Crippen LogP contribution in [0, 0.1) is 6.92 Å². The van der Waals surface area contributed by atoms with E-state index in [-0.39, 0.29) is 21.8 Å². The van der Waals surface area contributed by atoms with Gasteiger partial charge >= 0.3 is 0 Å². The number of carbonyl (C=O) groups is 1. The predicted molar refractivity (Wildman–Crippen MR) is 114 cm³/mol. The van der Waals surface area contributed by atoms with E-state index >= 15 is 0 Å². The van der Waals surface area contributed by atoms with Crippen molar-refractivity contribution in [2.45, 2.75) is 25.7 Å². The van der Waals surface area contributed by atoms with Crippen molar-refractivity contribution in [3.8, 4) is 0 Å². The number of carbonyl (C=O) groups excluding carboxylic acids is 1. The van der Waals surface area contributed by atoms with E-state index in [2.05, 4.69) is 9.71 Å². The van der Waals surface area contributed by atoms with Gasteiger partial charge in [-0.3, -0.25) is 14.3 Å². The lowest BCUT2D eigenvalue weighted by molar-refractivity contribution is 0.0771. The zero-order valence-electron chi connectivity index (χ0n) is 16.5. The van der Waals surface area contributed by atoms with E-state index in [0.29, 0.717) is 24.3 Å². The van der Waals surface area contributed by atoms with E-state index in [4.69, 9.17) is 0 Å². The maximum atomic E-state index is 12.9. The first-order valence-corrected chi connectivity index (χ1v) is 10.8. The molecule has 8 heteroatoms. The van der Waals surface area contributed by atoms with E-state index in [0.717, 1.165) is 5.56 Å². The number of sulfonamides is 1. The predicted octanol–water partition coefficient (Wildman–Crippen LogP) is 3.12. The molecular weight excluding hydrogens is 390 g/mol. The standard InChI is InChI=1S/C21H23N3O4S/c1-4-24(5-2)21(26)17-13-22-19-11-10-15(12-16(19)20(17)25)29(27,28)23-18-9-7-6-8-14(18)3/h6-13,23H,4-5H2,1-3H3,(H,22,25). The first-order chi connectivity index (χ1) is 13.8. The summed E-state index contributed by atoms with van der Waals surface area (Å²) in [5.41, 5.74) is 1.20. The number of nitrogens with one attached hydrogen (secondary N) is 2. The molecule has 0 radical (unpaired) electrons. The Hall–Kier alpha value is -3.13. The van der Waals surface area contributed by atoms with Crippen molar-refractivity contribution in [1.29, 1.82) is 0 Å². The number of anilines is 1. The normalized spacial score (nSPS) is 11.4. The molecule has 1 heterocycles. The number of fused-ring (bicyclic) bond motifs is 1. The molecule has 3 rings (SSSR count). The molecule has 0 spiro atoms. The number of aromatic amines is 1. The van der Waals surface area contributed by atoms with Crippen molar-refractivity contribution < 1.29 is 13.2 Å². The van der Waals surface area contributed by atoms with Crippen LogP contribution in [0.5, 0.6) is 0 Å². The van der Waals surface area contributed by atoms with Gasteiger partial charge in [-0.25, -0.2) is 8.42 Å². The Morgan fingerprint density at radius 2 is 1.79 bits per heavy atom. The van der Waals surface area contributed by atoms with Crippen molar-refractivity contribution in [2.24, 2.45) is 0 Å². The van der Waals surface area contributed by atoms with Gasteiger partial charge in [-0.2, -0.15) is 0 Å². The molecule has 0 atom stereocenters. The summed E-state index contributed by atoms with van der Waals surface area (Å²) >= 11 is 0. The molecule has 0 aliphatic heterocycles. The van der Waals surface area contributed by atoms with Crippen LogP contribution in [0.25, 0.3) is 10.9 Å². The van der Waals surface area contributed by atoms with Gasteiger partial charge in [0.1, 0.15) is 5.56 Å². The summed E-state index contributed by atoms with van der Waals surface area (Å²) in [6.07, 6.45) is 1.38. The molecule has 2 N–H and O–H groups in total. The van der Waals surface area contributed by atoms with Crippen LogP contribution in [0.1, 0.15) is 29.8 Å². The molecule has 1 aromatic heterocycles. The number of aromatic nitrogens is 1. The van der Waals surface area contributed by atoms with E-state index in [1.54, 1.807) is 25.1 Å². The Kier molecular flexibility index (Phi) is 5.74. The number of hydrogen-bond donors (Lipinski definition) is 2. The summed E-state index contributed by atoms with van der Waals surface area (Å²) in [6.45, 7) is 6.41. The molecule has 1 amide bonds. The molecule has 0 aliphatic carbocycles. The van der Waals surface area contributed by atoms with Crippen LogP contribution in [0.3, 0.4) is 0 Å². The van der Waals surface area contributed by atoms with E-state index in [9.17, 15) is 18.0 Å². The Bertz CT molecular complexity index is 1230. The van der Waals surface area contributed by atoms with E-state index in [1.165, 1.54) is 29.3 Å². The van der Waals surface area contributed by atoms with Crippen LogP contribution in [-0.4, -0.2) is 37.3 Å². The van der Waals surface area contributed by atoms with Gasteiger partial charge in [0.05, 0.1) is 10.6 Å². The molecular formula is C21H23N3O4S. The molecule has 0 saturated carbocycles. The SMILES string of the molecule is CCN(CC)C(=O)c1c[nH]c2ccc(S(=O)(=O)Nc3ccccc3C)cc2c1=O. The van der Waals surface area contributed by atoms with Crippen molar-refractivity contribution in [2.75, 3.05) is 17.8 Å². The van der Waals surface area contributed by atoms with Crippen molar-refractivity contribution in [3.05, 3.63) is 70.0 Å². The van der Waals surface area contributed by atoms with E-state index < -0.39 is 15.5 Å². The first kappa shape index (κ1) is 20.6. The van der Waals surface area contributed by atoms with Gasteiger partial charge in [0, 0.05) is 30.2 Å². The van der Waals surface area contributed by atoms with Crippen LogP contribution in [0.15, 0.2) is 58.4 Å². The molecule has 0 unspecified atom stereocenters. The van der Waals surface area contributed by atoms with Crippen molar-refractivity contribution >= 4 is 32.5 Å². The number of hydrogen-bond acceptors (Lipinski definition) is 4. The fraction of sp³-hybridized carbons (Fsp3) is 0.238. The Morgan fingerprint density at radius 1 is 1.10 bits per heavy atom. The van der Waals surface area contributed by atoms with Crippen LogP contribution in [0.4, 0.5) is 5.69 Å². The number of para-hydroxylation sites is 1. The minimum atomic E-state index is -3.90. The average Bonchev–Trinajstić information content (AvgIpc) is 2.70. The highest BCUT2D eigenvalue weighted by Gasteiger charge is 2.20. The summed E-state index contributed by atoms with van der Waals surface area (Å²) < 4.78 is 28.2. The highest BCUT2D eigenvalue weighted by atomic mass is 32.2. The fourth-order valence-electron chi connectivity index (χ4n) is 3.10.